The first-order valence-electron chi connectivity index (χ1n) is 8.17. The predicted octanol–water partition coefficient (Wildman–Crippen LogP) is 5.19. The number of carbonyl (C=O) groups is 1. The Balaban J connectivity index is 1.50. The number of ether oxygens (including phenoxy) is 1. The molecule has 0 atom stereocenters. The molecule has 136 valence electrons. The van der Waals surface area contributed by atoms with Crippen LogP contribution in [0.5, 0.6) is 5.75 Å². The molecule has 0 saturated heterocycles. The average molecular weight is 399 g/mol. The number of hydrogen-bond donors (Lipinski definition) is 1. The van der Waals surface area contributed by atoms with Crippen LogP contribution < -0.4 is 10.2 Å². The summed E-state index contributed by atoms with van der Waals surface area (Å²) in [7, 11) is 0. The molecule has 27 heavy (non-hydrogen) atoms. The molecule has 0 radical (unpaired) electrons. The summed E-state index contributed by atoms with van der Waals surface area (Å²) < 4.78 is 5.47. The fourth-order valence-electron chi connectivity index (χ4n) is 2.35. The Morgan fingerprint density at radius 1 is 0.926 bits per heavy atom. The van der Waals surface area contributed by atoms with Gasteiger partial charge in [-0.25, -0.2) is 5.43 Å². The number of amides is 1. The highest BCUT2D eigenvalue weighted by atomic mass is 35.5. The number of nitrogens with zero attached hydrogens (tertiary/aromatic N) is 1. The van der Waals surface area contributed by atoms with Gasteiger partial charge in [-0.2, -0.15) is 5.10 Å². The van der Waals surface area contributed by atoms with E-state index in [2.05, 4.69) is 10.5 Å². The fraction of sp³-hybridized carbons (Fsp3) is 0.0476. The molecule has 0 aliphatic rings. The summed E-state index contributed by atoms with van der Waals surface area (Å²) in [6, 6.07) is 22.7. The molecule has 0 heterocycles. The van der Waals surface area contributed by atoms with E-state index in [0.717, 1.165) is 11.1 Å². The molecule has 0 aromatic heterocycles. The Kier molecular flexibility index (Phi) is 6.47. The van der Waals surface area contributed by atoms with Crippen molar-refractivity contribution < 1.29 is 9.53 Å². The van der Waals surface area contributed by atoms with Crippen molar-refractivity contribution in [3.05, 3.63) is 88.4 Å². The molecule has 0 aliphatic carbocycles. The van der Waals surface area contributed by atoms with E-state index in [1.807, 2.05) is 54.6 Å². The molecule has 3 aromatic rings. The molecule has 0 bridgehead atoms. The van der Waals surface area contributed by atoms with E-state index in [4.69, 9.17) is 27.9 Å². The van der Waals surface area contributed by atoms with Crippen LogP contribution in [0.1, 0.15) is 5.56 Å². The van der Waals surface area contributed by atoms with Crippen LogP contribution in [-0.4, -0.2) is 18.7 Å². The molecule has 0 spiro atoms. The van der Waals surface area contributed by atoms with Crippen molar-refractivity contribution in [2.75, 3.05) is 6.61 Å². The highest BCUT2D eigenvalue weighted by Gasteiger charge is 2.04. The van der Waals surface area contributed by atoms with Crippen LogP contribution in [0.3, 0.4) is 0 Å². The SMILES string of the molecule is O=C(COc1ccc(-c2ccccc2)cc1)N/N=C\c1cccc(Cl)c1Cl. The van der Waals surface area contributed by atoms with Crippen molar-refractivity contribution >= 4 is 35.3 Å². The van der Waals surface area contributed by atoms with Crippen molar-refractivity contribution in [1.29, 1.82) is 0 Å². The third-order valence-corrected chi connectivity index (χ3v) is 4.54. The number of hydrazone groups is 1. The van der Waals surface area contributed by atoms with E-state index < -0.39 is 0 Å². The lowest BCUT2D eigenvalue weighted by Gasteiger charge is -2.07. The zero-order valence-electron chi connectivity index (χ0n) is 14.2. The van der Waals surface area contributed by atoms with Gasteiger partial charge in [-0.1, -0.05) is 77.8 Å². The molecule has 1 amide bonds. The smallest absolute Gasteiger partial charge is 0.277 e. The van der Waals surface area contributed by atoms with Crippen LogP contribution in [0.15, 0.2) is 77.9 Å². The van der Waals surface area contributed by atoms with Crippen molar-refractivity contribution in [3.63, 3.8) is 0 Å². The quantitative estimate of drug-likeness (QED) is 0.458. The van der Waals surface area contributed by atoms with E-state index >= 15 is 0 Å². The number of carbonyl (C=O) groups excluding carboxylic acids is 1. The molecule has 0 aliphatic heterocycles. The van der Waals surface area contributed by atoms with Crippen molar-refractivity contribution in [2.24, 2.45) is 5.10 Å². The molecule has 6 heteroatoms. The summed E-state index contributed by atoms with van der Waals surface area (Å²) in [5, 5.41) is 4.67. The maximum Gasteiger partial charge on any atom is 0.277 e. The standard InChI is InChI=1S/C21H16Cl2N2O2/c22-19-8-4-7-17(21(19)23)13-24-25-20(26)14-27-18-11-9-16(10-12-18)15-5-2-1-3-6-15/h1-13H,14H2,(H,25,26)/b24-13-. The topological polar surface area (TPSA) is 50.7 Å². The lowest BCUT2D eigenvalue weighted by Crippen LogP contribution is -2.24. The monoisotopic (exact) mass is 398 g/mol. The van der Waals surface area contributed by atoms with Gasteiger partial charge >= 0.3 is 0 Å². The van der Waals surface area contributed by atoms with Crippen molar-refractivity contribution in [2.45, 2.75) is 0 Å². The lowest BCUT2D eigenvalue weighted by molar-refractivity contribution is -0.123. The van der Waals surface area contributed by atoms with Gasteiger partial charge in [0.25, 0.3) is 5.91 Å². The summed E-state index contributed by atoms with van der Waals surface area (Å²) in [6.07, 6.45) is 1.43. The van der Waals surface area contributed by atoms with Crippen LogP contribution in [-0.2, 0) is 4.79 Å². The zero-order chi connectivity index (χ0) is 19.1. The third kappa shape index (κ3) is 5.33. The Morgan fingerprint density at radius 2 is 1.63 bits per heavy atom. The molecular weight excluding hydrogens is 383 g/mol. The molecule has 1 N–H and O–H groups in total. The first-order chi connectivity index (χ1) is 13.1. The minimum Gasteiger partial charge on any atom is -0.484 e. The van der Waals surface area contributed by atoms with Gasteiger partial charge < -0.3 is 4.74 Å². The van der Waals surface area contributed by atoms with Gasteiger partial charge in [0.1, 0.15) is 5.75 Å². The summed E-state index contributed by atoms with van der Waals surface area (Å²) in [5.41, 5.74) is 5.20. The Labute approximate surface area is 167 Å². The second-order valence-corrected chi connectivity index (χ2v) is 6.40. The van der Waals surface area contributed by atoms with E-state index in [1.165, 1.54) is 6.21 Å². The van der Waals surface area contributed by atoms with Gasteiger partial charge in [0, 0.05) is 5.56 Å². The number of hydrogen-bond acceptors (Lipinski definition) is 3. The van der Waals surface area contributed by atoms with E-state index in [1.54, 1.807) is 18.2 Å². The minimum atomic E-state index is -0.378. The van der Waals surface area contributed by atoms with Gasteiger partial charge in [0.2, 0.25) is 0 Å². The highest BCUT2D eigenvalue weighted by Crippen LogP contribution is 2.24. The summed E-state index contributed by atoms with van der Waals surface area (Å²) in [5.74, 6) is 0.225. The summed E-state index contributed by atoms with van der Waals surface area (Å²) in [6.45, 7) is -0.148. The van der Waals surface area contributed by atoms with Crippen LogP contribution in [0.4, 0.5) is 0 Å². The fourth-order valence-corrected chi connectivity index (χ4v) is 2.71. The maximum absolute atomic E-state index is 11.8. The van der Waals surface area contributed by atoms with Crippen LogP contribution in [0.2, 0.25) is 10.0 Å². The van der Waals surface area contributed by atoms with Crippen LogP contribution in [0.25, 0.3) is 11.1 Å². The van der Waals surface area contributed by atoms with Gasteiger partial charge in [-0.15, -0.1) is 0 Å². The van der Waals surface area contributed by atoms with E-state index in [9.17, 15) is 4.79 Å². The minimum absolute atomic E-state index is 0.148. The zero-order valence-corrected chi connectivity index (χ0v) is 15.7. The Hall–Kier alpha value is -2.82. The largest absolute Gasteiger partial charge is 0.484 e. The van der Waals surface area contributed by atoms with Gasteiger partial charge in [-0.05, 0) is 29.3 Å². The number of benzene rings is 3. The van der Waals surface area contributed by atoms with Crippen LogP contribution >= 0.6 is 23.2 Å². The van der Waals surface area contributed by atoms with Gasteiger partial charge in [-0.3, -0.25) is 4.79 Å². The number of nitrogens with one attached hydrogen (secondary N) is 1. The molecular formula is C21H16Cl2N2O2. The second-order valence-electron chi connectivity index (χ2n) is 5.62. The Morgan fingerprint density at radius 3 is 2.37 bits per heavy atom. The maximum atomic E-state index is 11.8. The molecule has 3 rings (SSSR count). The predicted molar refractivity (Wildman–Crippen MR) is 110 cm³/mol. The number of rotatable bonds is 6. The second kappa shape index (κ2) is 9.21. The number of halogens is 2. The summed E-state index contributed by atoms with van der Waals surface area (Å²) >= 11 is 12.0. The van der Waals surface area contributed by atoms with Crippen LogP contribution in [0, 0.1) is 0 Å². The van der Waals surface area contributed by atoms with Crippen molar-refractivity contribution in [3.8, 4) is 16.9 Å². The molecule has 0 saturated carbocycles. The van der Waals surface area contributed by atoms with Crippen molar-refractivity contribution in [1.82, 2.24) is 5.43 Å². The first-order valence-corrected chi connectivity index (χ1v) is 8.93. The molecule has 0 unspecified atom stereocenters. The summed E-state index contributed by atoms with van der Waals surface area (Å²) in [4.78, 5) is 11.8. The first kappa shape index (κ1) is 19.0. The highest BCUT2D eigenvalue weighted by molar-refractivity contribution is 6.43. The molecule has 0 fully saturated rings. The normalized spacial score (nSPS) is 10.7. The lowest BCUT2D eigenvalue weighted by atomic mass is 10.1. The van der Waals surface area contributed by atoms with E-state index in [-0.39, 0.29) is 12.5 Å². The van der Waals surface area contributed by atoms with E-state index in [0.29, 0.717) is 21.4 Å². The van der Waals surface area contributed by atoms with Gasteiger partial charge in [0.05, 0.1) is 16.3 Å². The Bertz CT molecular complexity index is 942. The average Bonchev–Trinajstić information content (AvgIpc) is 2.71. The third-order valence-electron chi connectivity index (χ3n) is 3.71. The molecule has 4 nitrogen and oxygen atoms in total. The van der Waals surface area contributed by atoms with Gasteiger partial charge in [0.15, 0.2) is 6.61 Å². The molecule has 3 aromatic carbocycles.